The fourth-order valence-electron chi connectivity index (χ4n) is 2.43. The number of rotatable bonds is 3. The molecule has 1 aromatic heterocycles. The Hall–Kier alpha value is -3.00. The second kappa shape index (κ2) is 6.96. The molecule has 3 rings (SSSR count). The van der Waals surface area contributed by atoms with Crippen molar-refractivity contribution in [3.8, 4) is 5.75 Å². The van der Waals surface area contributed by atoms with E-state index in [9.17, 15) is 18.0 Å². The zero-order valence-corrected chi connectivity index (χ0v) is 14.6. The Morgan fingerprint density at radius 2 is 1.96 bits per heavy atom. The Kier molecular flexibility index (Phi) is 4.84. The average molecular weight is 397 g/mol. The molecule has 2 aromatic carbocycles. The highest BCUT2D eigenvalue weighted by Crippen LogP contribution is 2.35. The maximum Gasteiger partial charge on any atom is 0.416 e. The van der Waals surface area contributed by atoms with Crippen LogP contribution in [0.3, 0.4) is 0 Å². The zero-order valence-electron chi connectivity index (χ0n) is 13.8. The van der Waals surface area contributed by atoms with Gasteiger partial charge in [0.1, 0.15) is 5.56 Å². The van der Waals surface area contributed by atoms with Crippen molar-refractivity contribution in [2.75, 3.05) is 7.11 Å². The van der Waals surface area contributed by atoms with E-state index in [0.29, 0.717) is 11.1 Å². The van der Waals surface area contributed by atoms with E-state index in [2.05, 4.69) is 4.99 Å². The maximum absolute atomic E-state index is 13.0. The first-order valence-corrected chi connectivity index (χ1v) is 7.90. The number of hydrogen-bond donors (Lipinski definition) is 1. The molecule has 0 atom stereocenters. The molecule has 140 valence electrons. The maximum atomic E-state index is 13.0. The van der Waals surface area contributed by atoms with Gasteiger partial charge in [0, 0.05) is 5.39 Å². The molecule has 0 fully saturated rings. The molecular weight excluding hydrogens is 385 g/mol. The summed E-state index contributed by atoms with van der Waals surface area (Å²) in [7, 11) is 1.42. The first-order chi connectivity index (χ1) is 12.7. The molecule has 0 aliphatic rings. The minimum Gasteiger partial charge on any atom is -0.493 e. The van der Waals surface area contributed by atoms with E-state index in [-0.39, 0.29) is 27.4 Å². The first-order valence-electron chi connectivity index (χ1n) is 7.53. The lowest BCUT2D eigenvalue weighted by Crippen LogP contribution is -2.21. The molecule has 1 heterocycles. The first kappa shape index (κ1) is 18.8. The van der Waals surface area contributed by atoms with Gasteiger partial charge in [0.2, 0.25) is 5.55 Å². The number of primary amides is 1. The van der Waals surface area contributed by atoms with E-state index in [1.807, 2.05) is 0 Å². The normalized spacial score (nSPS) is 12.4. The summed E-state index contributed by atoms with van der Waals surface area (Å²) in [6.07, 6.45) is -4.58. The van der Waals surface area contributed by atoms with Crippen LogP contribution in [0.5, 0.6) is 5.75 Å². The molecule has 0 saturated carbocycles. The van der Waals surface area contributed by atoms with Gasteiger partial charge in [-0.05, 0) is 30.3 Å². The van der Waals surface area contributed by atoms with Crippen LogP contribution in [-0.4, -0.2) is 13.0 Å². The number of alkyl halides is 3. The van der Waals surface area contributed by atoms with E-state index < -0.39 is 17.6 Å². The number of benzene rings is 2. The molecule has 0 spiro atoms. The average Bonchev–Trinajstić information content (AvgIpc) is 2.61. The monoisotopic (exact) mass is 396 g/mol. The number of carbonyl (C=O) groups excluding carboxylic acids is 1. The van der Waals surface area contributed by atoms with E-state index in [1.54, 1.807) is 18.2 Å². The Morgan fingerprint density at radius 1 is 1.22 bits per heavy atom. The fourth-order valence-corrected chi connectivity index (χ4v) is 2.59. The number of fused-ring (bicyclic) bond motifs is 1. The minimum atomic E-state index is -4.58. The van der Waals surface area contributed by atoms with Crippen LogP contribution >= 0.6 is 11.6 Å². The predicted molar refractivity (Wildman–Crippen MR) is 93.0 cm³/mol. The number of nitrogens with zero attached hydrogens (tertiary/aromatic N) is 1. The molecule has 27 heavy (non-hydrogen) atoms. The number of methoxy groups -OCH3 is 1. The molecule has 2 N–H and O–H groups in total. The van der Waals surface area contributed by atoms with Gasteiger partial charge in [0.05, 0.1) is 23.4 Å². The third kappa shape index (κ3) is 3.75. The standard InChI is InChI=1S/C18H12ClF3N2O3/c1-26-14-4-2-3-9-7-11(16(23)25)17(27-15(9)14)24-13-8-10(18(20,21)22)5-6-12(13)19/h2-8H,1H3,(H2,23,25). The summed E-state index contributed by atoms with van der Waals surface area (Å²) in [5, 5.41) is 0.464. The number of nitrogens with two attached hydrogens (primary N) is 1. The lowest BCUT2D eigenvalue weighted by Gasteiger charge is -2.09. The Morgan fingerprint density at radius 3 is 2.59 bits per heavy atom. The highest BCUT2D eigenvalue weighted by atomic mass is 35.5. The van der Waals surface area contributed by atoms with E-state index in [0.717, 1.165) is 18.2 Å². The largest absolute Gasteiger partial charge is 0.493 e. The van der Waals surface area contributed by atoms with Crippen molar-refractivity contribution in [2.45, 2.75) is 6.18 Å². The van der Waals surface area contributed by atoms with Gasteiger partial charge in [0.15, 0.2) is 11.3 Å². The van der Waals surface area contributed by atoms with E-state index in [1.165, 1.54) is 13.2 Å². The Labute approximate surface area is 155 Å². The summed E-state index contributed by atoms with van der Waals surface area (Å²) < 4.78 is 49.7. The van der Waals surface area contributed by atoms with Crippen molar-refractivity contribution in [3.05, 3.63) is 64.2 Å². The number of halogens is 4. The van der Waals surface area contributed by atoms with Crippen LogP contribution in [0.15, 0.2) is 51.9 Å². The predicted octanol–water partition coefficient (Wildman–Crippen LogP) is 4.44. The number of amides is 1. The highest BCUT2D eigenvalue weighted by Gasteiger charge is 2.31. The van der Waals surface area contributed by atoms with Gasteiger partial charge in [0.25, 0.3) is 5.91 Å². The summed E-state index contributed by atoms with van der Waals surface area (Å²) in [4.78, 5) is 15.8. The SMILES string of the molecule is COc1cccc2cc(C(N)=O)c(=Nc3cc(C(F)(F)F)ccc3Cl)oc12. The number of hydrogen-bond acceptors (Lipinski definition) is 4. The number of para-hydroxylation sites is 1. The molecule has 9 heteroatoms. The number of ether oxygens (including phenoxy) is 1. The van der Waals surface area contributed by atoms with Crippen LogP contribution in [0, 0.1) is 0 Å². The van der Waals surface area contributed by atoms with Crippen molar-refractivity contribution in [2.24, 2.45) is 10.7 Å². The topological polar surface area (TPSA) is 77.8 Å². The smallest absolute Gasteiger partial charge is 0.416 e. The van der Waals surface area contributed by atoms with Crippen molar-refractivity contribution in [3.63, 3.8) is 0 Å². The van der Waals surface area contributed by atoms with Gasteiger partial charge in [-0.2, -0.15) is 13.2 Å². The van der Waals surface area contributed by atoms with Crippen LogP contribution in [0.4, 0.5) is 18.9 Å². The van der Waals surface area contributed by atoms with Gasteiger partial charge in [-0.15, -0.1) is 0 Å². The van der Waals surface area contributed by atoms with Gasteiger partial charge in [-0.1, -0.05) is 23.7 Å². The van der Waals surface area contributed by atoms with E-state index in [4.69, 9.17) is 26.5 Å². The van der Waals surface area contributed by atoms with Crippen LogP contribution < -0.4 is 16.0 Å². The lowest BCUT2D eigenvalue weighted by atomic mass is 10.1. The van der Waals surface area contributed by atoms with Crippen molar-refractivity contribution in [1.82, 2.24) is 0 Å². The summed E-state index contributed by atoms with van der Waals surface area (Å²) >= 11 is 5.96. The molecule has 1 amide bonds. The van der Waals surface area contributed by atoms with Crippen molar-refractivity contribution >= 4 is 34.2 Å². The summed E-state index contributed by atoms with van der Waals surface area (Å²) in [5.74, 6) is -0.500. The molecule has 0 bridgehead atoms. The van der Waals surface area contributed by atoms with Crippen molar-refractivity contribution in [1.29, 1.82) is 0 Å². The van der Waals surface area contributed by atoms with Gasteiger partial charge < -0.3 is 14.9 Å². The van der Waals surface area contributed by atoms with Gasteiger partial charge in [-0.3, -0.25) is 4.79 Å². The van der Waals surface area contributed by atoms with Crippen LogP contribution in [0.1, 0.15) is 15.9 Å². The Bertz CT molecular complexity index is 1110. The Balaban J connectivity index is 2.33. The third-order valence-electron chi connectivity index (χ3n) is 3.72. The van der Waals surface area contributed by atoms with Crippen LogP contribution in [0.2, 0.25) is 5.02 Å². The summed E-state index contributed by atoms with van der Waals surface area (Å²) in [5.41, 5.74) is 4.08. The minimum absolute atomic E-state index is 0.0475. The summed E-state index contributed by atoms with van der Waals surface area (Å²) in [6.45, 7) is 0. The van der Waals surface area contributed by atoms with Crippen LogP contribution in [-0.2, 0) is 6.18 Å². The lowest BCUT2D eigenvalue weighted by molar-refractivity contribution is -0.137. The van der Waals surface area contributed by atoms with E-state index >= 15 is 0 Å². The van der Waals surface area contributed by atoms with Gasteiger partial charge >= 0.3 is 6.18 Å². The van der Waals surface area contributed by atoms with Crippen molar-refractivity contribution < 1.29 is 27.1 Å². The highest BCUT2D eigenvalue weighted by molar-refractivity contribution is 6.33. The molecule has 3 aromatic rings. The zero-order chi connectivity index (χ0) is 19.8. The second-order valence-electron chi connectivity index (χ2n) is 5.48. The fraction of sp³-hybridized carbons (Fsp3) is 0.111. The molecule has 0 radical (unpaired) electrons. The molecule has 0 unspecified atom stereocenters. The van der Waals surface area contributed by atoms with Crippen LogP contribution in [0.25, 0.3) is 11.0 Å². The molecular formula is C18H12ClF3N2O3. The molecule has 0 saturated heterocycles. The summed E-state index contributed by atoms with van der Waals surface area (Å²) in [6, 6.07) is 9.04. The molecule has 0 aliphatic carbocycles. The molecule has 5 nitrogen and oxygen atoms in total. The molecule has 0 aliphatic heterocycles. The number of carbonyl (C=O) groups is 1. The quantitative estimate of drug-likeness (QED) is 0.710. The second-order valence-corrected chi connectivity index (χ2v) is 5.89. The third-order valence-corrected chi connectivity index (χ3v) is 4.04. The van der Waals surface area contributed by atoms with Gasteiger partial charge in [-0.25, -0.2) is 4.99 Å².